The van der Waals surface area contributed by atoms with E-state index in [1.165, 1.54) is 0 Å². The predicted molar refractivity (Wildman–Crippen MR) is 177 cm³/mol. The predicted octanol–water partition coefficient (Wildman–Crippen LogP) is 9.83. The maximum absolute atomic E-state index is 14.2. The van der Waals surface area contributed by atoms with E-state index in [4.69, 9.17) is 57.9 Å². The van der Waals surface area contributed by atoms with Crippen LogP contribution in [0, 0.1) is 0 Å². The zero-order valence-corrected chi connectivity index (χ0v) is 25.7. The molecule has 4 N–H and O–H groups in total. The Bertz CT molecular complexity index is 1880. The SMILES string of the molecule is CC(C(=O)C(C)c1cn(-c2ccc(N)cc2Cl)c2ccc(Cl)cc12)c1cn(-c2ccc(N)cc2Cl)c2ccc(Cl)cc12. The van der Waals surface area contributed by atoms with Crippen LogP contribution in [0.2, 0.25) is 20.1 Å². The van der Waals surface area contributed by atoms with Crippen LogP contribution in [-0.4, -0.2) is 14.9 Å². The number of hydrogen-bond donors (Lipinski definition) is 2. The van der Waals surface area contributed by atoms with E-state index in [9.17, 15) is 4.79 Å². The maximum atomic E-state index is 14.2. The first-order chi connectivity index (χ1) is 20.0. The second-order valence-electron chi connectivity index (χ2n) is 10.5. The van der Waals surface area contributed by atoms with E-state index in [-0.39, 0.29) is 5.78 Å². The lowest BCUT2D eigenvalue weighted by atomic mass is 9.85. The molecule has 0 spiro atoms. The topological polar surface area (TPSA) is 79.0 Å². The molecule has 2 aromatic heterocycles. The van der Waals surface area contributed by atoms with Crippen LogP contribution in [0.15, 0.2) is 85.2 Å². The van der Waals surface area contributed by atoms with E-state index in [0.717, 1.165) is 44.3 Å². The van der Waals surface area contributed by atoms with Gasteiger partial charge in [-0.1, -0.05) is 60.3 Å². The van der Waals surface area contributed by atoms with Crippen molar-refractivity contribution in [1.29, 1.82) is 0 Å². The second-order valence-corrected chi connectivity index (χ2v) is 12.2. The molecule has 0 aliphatic carbocycles. The first-order valence-electron chi connectivity index (χ1n) is 13.3. The molecule has 0 saturated carbocycles. The summed E-state index contributed by atoms with van der Waals surface area (Å²) in [6.07, 6.45) is 3.92. The minimum Gasteiger partial charge on any atom is -0.399 e. The Morgan fingerprint density at radius 3 is 1.40 bits per heavy atom. The standard InChI is InChI=1S/C33H26Cl4N4O/c1-17(25-15-40(29-7-3-19(34)11-23(25)29)31-9-5-21(38)13-27(31)36)33(42)18(2)26-16-41(30-8-4-20(35)12-24(26)30)32-10-6-22(39)14-28(32)37/h3-18H,38-39H2,1-2H3. The van der Waals surface area contributed by atoms with Gasteiger partial charge in [-0.3, -0.25) is 4.79 Å². The number of rotatable bonds is 6. The highest BCUT2D eigenvalue weighted by Gasteiger charge is 2.29. The van der Waals surface area contributed by atoms with Crippen molar-refractivity contribution in [1.82, 2.24) is 9.13 Å². The lowest BCUT2D eigenvalue weighted by Gasteiger charge is -2.16. The highest BCUT2D eigenvalue weighted by molar-refractivity contribution is 6.33. The number of nitrogens with two attached hydrogens (primary N) is 2. The summed E-state index contributed by atoms with van der Waals surface area (Å²) < 4.78 is 3.96. The van der Waals surface area contributed by atoms with E-state index in [1.54, 1.807) is 24.3 Å². The minimum absolute atomic E-state index is 0.0415. The lowest BCUT2D eigenvalue weighted by molar-refractivity contribution is -0.121. The average molecular weight is 636 g/mol. The molecule has 212 valence electrons. The number of fused-ring (bicyclic) bond motifs is 2. The average Bonchev–Trinajstić information content (AvgIpc) is 3.50. The van der Waals surface area contributed by atoms with Gasteiger partial charge >= 0.3 is 0 Å². The van der Waals surface area contributed by atoms with E-state index in [1.807, 2.05) is 83.9 Å². The van der Waals surface area contributed by atoms with Crippen molar-refractivity contribution in [2.45, 2.75) is 25.7 Å². The first kappa shape index (κ1) is 28.5. The number of halogens is 4. The van der Waals surface area contributed by atoms with Gasteiger partial charge in [0.15, 0.2) is 0 Å². The number of hydrogen-bond acceptors (Lipinski definition) is 3. The molecule has 0 radical (unpaired) electrons. The molecule has 5 nitrogen and oxygen atoms in total. The Labute approximate surface area is 263 Å². The van der Waals surface area contributed by atoms with Gasteiger partial charge in [0.05, 0.1) is 32.5 Å². The van der Waals surface area contributed by atoms with Crippen LogP contribution in [0.25, 0.3) is 33.2 Å². The molecule has 42 heavy (non-hydrogen) atoms. The third-order valence-electron chi connectivity index (χ3n) is 7.84. The van der Waals surface area contributed by atoms with Crippen molar-refractivity contribution >= 4 is 85.4 Å². The van der Waals surface area contributed by atoms with Crippen molar-refractivity contribution in [3.63, 3.8) is 0 Å². The van der Waals surface area contributed by atoms with Gasteiger partial charge in [-0.25, -0.2) is 0 Å². The van der Waals surface area contributed by atoms with Crippen LogP contribution in [-0.2, 0) is 4.79 Å². The van der Waals surface area contributed by atoms with Crippen LogP contribution < -0.4 is 11.5 Å². The molecule has 0 fully saturated rings. The molecule has 0 aliphatic rings. The van der Waals surface area contributed by atoms with Crippen LogP contribution in [0.4, 0.5) is 11.4 Å². The molecular weight excluding hydrogens is 610 g/mol. The van der Waals surface area contributed by atoms with Crippen LogP contribution >= 0.6 is 46.4 Å². The van der Waals surface area contributed by atoms with Gasteiger partial charge in [-0.2, -0.15) is 0 Å². The zero-order chi connectivity index (χ0) is 29.9. The number of nitrogen functional groups attached to an aromatic ring is 2. The Morgan fingerprint density at radius 1 is 0.619 bits per heavy atom. The van der Waals surface area contributed by atoms with Crippen LogP contribution in [0.1, 0.15) is 36.8 Å². The summed E-state index contributed by atoms with van der Waals surface area (Å²) in [4.78, 5) is 14.2. The number of ketones is 1. The summed E-state index contributed by atoms with van der Waals surface area (Å²) in [6, 6.07) is 22.0. The fraction of sp³-hybridized carbons (Fsp3) is 0.121. The molecule has 2 heterocycles. The van der Waals surface area contributed by atoms with Crippen molar-refractivity contribution in [3.8, 4) is 11.4 Å². The van der Waals surface area contributed by atoms with E-state index in [2.05, 4.69) is 0 Å². The van der Waals surface area contributed by atoms with Gasteiger partial charge < -0.3 is 20.6 Å². The number of aromatic nitrogens is 2. The normalized spacial score (nSPS) is 13.1. The Kier molecular flexibility index (Phi) is 7.40. The van der Waals surface area contributed by atoms with Crippen molar-refractivity contribution in [3.05, 3.63) is 116 Å². The number of nitrogens with zero attached hydrogens (tertiary/aromatic N) is 2. The van der Waals surface area contributed by atoms with Gasteiger partial charge in [0.1, 0.15) is 5.78 Å². The number of Topliss-reactive ketones (excluding diaryl/α,β-unsaturated/α-hetero) is 1. The van der Waals surface area contributed by atoms with Gasteiger partial charge in [0.2, 0.25) is 0 Å². The van der Waals surface area contributed by atoms with Gasteiger partial charge in [-0.05, 0) is 83.9 Å². The van der Waals surface area contributed by atoms with E-state index < -0.39 is 11.8 Å². The van der Waals surface area contributed by atoms with Crippen molar-refractivity contribution in [2.75, 3.05) is 11.5 Å². The second kappa shape index (κ2) is 10.9. The largest absolute Gasteiger partial charge is 0.399 e. The fourth-order valence-corrected chi connectivity index (χ4v) is 6.57. The first-order valence-corrected chi connectivity index (χ1v) is 14.8. The third kappa shape index (κ3) is 4.91. The summed E-state index contributed by atoms with van der Waals surface area (Å²) in [5.74, 6) is -0.889. The Hall–Kier alpha value is -3.61. The van der Waals surface area contributed by atoms with Crippen LogP contribution in [0.5, 0.6) is 0 Å². The summed E-state index contributed by atoms with van der Waals surface area (Å²) in [7, 11) is 0. The van der Waals surface area contributed by atoms with Gasteiger partial charge in [0, 0.05) is 56.4 Å². The number of carbonyl (C=O) groups is 1. The molecule has 6 aromatic rings. The number of anilines is 2. The molecule has 4 aromatic carbocycles. The van der Waals surface area contributed by atoms with Crippen molar-refractivity contribution in [2.24, 2.45) is 0 Å². The zero-order valence-electron chi connectivity index (χ0n) is 22.7. The maximum Gasteiger partial charge on any atom is 0.147 e. The monoisotopic (exact) mass is 634 g/mol. The number of carbonyl (C=O) groups excluding carboxylic acids is 1. The van der Waals surface area contributed by atoms with Crippen molar-refractivity contribution < 1.29 is 4.79 Å². The lowest BCUT2D eigenvalue weighted by Crippen LogP contribution is -2.16. The summed E-state index contributed by atoms with van der Waals surface area (Å²) in [5, 5.41) is 3.93. The molecule has 2 unspecified atom stereocenters. The van der Waals surface area contributed by atoms with E-state index in [0.29, 0.717) is 31.5 Å². The summed E-state index contributed by atoms with van der Waals surface area (Å²) in [5.41, 5.74) is 18.0. The summed E-state index contributed by atoms with van der Waals surface area (Å²) >= 11 is 26.1. The molecular formula is C33H26Cl4N4O. The Balaban J connectivity index is 1.46. The van der Waals surface area contributed by atoms with Gasteiger partial charge in [0.25, 0.3) is 0 Å². The number of benzene rings is 4. The third-order valence-corrected chi connectivity index (χ3v) is 8.92. The molecule has 6 rings (SSSR count). The summed E-state index contributed by atoms with van der Waals surface area (Å²) in [6.45, 7) is 3.85. The van der Waals surface area contributed by atoms with E-state index >= 15 is 0 Å². The van der Waals surface area contributed by atoms with Gasteiger partial charge in [-0.15, -0.1) is 0 Å². The molecule has 0 aliphatic heterocycles. The molecule has 9 heteroatoms. The molecule has 2 atom stereocenters. The highest BCUT2D eigenvalue weighted by Crippen LogP contribution is 2.39. The molecule has 0 bridgehead atoms. The molecule has 0 amide bonds. The smallest absolute Gasteiger partial charge is 0.147 e. The highest BCUT2D eigenvalue weighted by atomic mass is 35.5. The quantitative estimate of drug-likeness (QED) is 0.179. The molecule has 0 saturated heterocycles. The Morgan fingerprint density at radius 2 is 1.02 bits per heavy atom. The van der Waals surface area contributed by atoms with Crippen LogP contribution in [0.3, 0.4) is 0 Å². The fourth-order valence-electron chi connectivity index (χ4n) is 5.66. The minimum atomic E-state index is -0.465.